The summed E-state index contributed by atoms with van der Waals surface area (Å²) in [6, 6.07) is 23.7. The van der Waals surface area contributed by atoms with E-state index in [1.54, 1.807) is 14.2 Å². The van der Waals surface area contributed by atoms with E-state index in [2.05, 4.69) is 4.90 Å². The van der Waals surface area contributed by atoms with Crippen LogP contribution in [0.15, 0.2) is 72.8 Å². The fourth-order valence-corrected chi connectivity index (χ4v) is 3.64. The van der Waals surface area contributed by atoms with Crippen LogP contribution in [0.1, 0.15) is 11.7 Å². The Morgan fingerprint density at radius 2 is 1.25 bits per heavy atom. The minimum absolute atomic E-state index is 0.367. The molecule has 6 nitrogen and oxygen atoms in total. The number of fused-ring (bicyclic) bond motifs is 1. The highest BCUT2D eigenvalue weighted by atomic mass is 16.5. The lowest BCUT2D eigenvalue weighted by Gasteiger charge is -2.48. The van der Waals surface area contributed by atoms with Gasteiger partial charge in [-0.1, -0.05) is 18.2 Å². The molecule has 1 heterocycles. The van der Waals surface area contributed by atoms with Crippen LogP contribution in [0, 0.1) is 0 Å². The normalized spacial score (nSPS) is 18.6. The van der Waals surface area contributed by atoms with Crippen molar-refractivity contribution < 1.29 is 9.47 Å². The Balaban J connectivity index is 1.81. The highest BCUT2D eigenvalue weighted by Gasteiger charge is 2.36. The average Bonchev–Trinajstić information content (AvgIpc) is 2.75. The molecule has 0 aliphatic carbocycles. The van der Waals surface area contributed by atoms with Crippen molar-refractivity contribution >= 4 is 17.1 Å². The molecule has 0 saturated carbocycles. The topological polar surface area (TPSA) is 77.0 Å². The quantitative estimate of drug-likeness (QED) is 0.725. The summed E-state index contributed by atoms with van der Waals surface area (Å²) >= 11 is 0. The summed E-state index contributed by atoms with van der Waals surface area (Å²) in [7, 11) is 3.30. The van der Waals surface area contributed by atoms with Gasteiger partial charge in [-0.15, -0.1) is 0 Å². The van der Waals surface area contributed by atoms with Gasteiger partial charge in [0.2, 0.25) is 0 Å². The van der Waals surface area contributed by atoms with Crippen molar-refractivity contribution in [3.63, 3.8) is 0 Å². The highest BCUT2D eigenvalue weighted by Crippen LogP contribution is 2.41. The van der Waals surface area contributed by atoms with E-state index in [9.17, 15) is 0 Å². The van der Waals surface area contributed by atoms with Gasteiger partial charge in [0, 0.05) is 16.9 Å². The maximum atomic E-state index is 6.74. The van der Waals surface area contributed by atoms with Crippen LogP contribution in [-0.4, -0.2) is 20.5 Å². The molecule has 0 saturated heterocycles. The van der Waals surface area contributed by atoms with Gasteiger partial charge in [-0.05, 0) is 54.6 Å². The third-order valence-corrected chi connectivity index (χ3v) is 5.09. The first-order chi connectivity index (χ1) is 13.6. The van der Waals surface area contributed by atoms with Gasteiger partial charge in [0.15, 0.2) is 6.29 Å². The lowest BCUT2D eigenvalue weighted by atomic mass is 10.0. The van der Waals surface area contributed by atoms with Gasteiger partial charge in [0.1, 0.15) is 17.7 Å². The molecule has 2 unspecified atom stereocenters. The summed E-state index contributed by atoms with van der Waals surface area (Å²) in [5, 5.41) is 0. The summed E-state index contributed by atoms with van der Waals surface area (Å²) < 4.78 is 10.6. The first kappa shape index (κ1) is 18.2. The van der Waals surface area contributed by atoms with Crippen molar-refractivity contribution in [1.82, 2.24) is 0 Å². The van der Waals surface area contributed by atoms with Gasteiger partial charge >= 0.3 is 0 Å². The molecule has 144 valence electrons. The lowest BCUT2D eigenvalue weighted by Crippen LogP contribution is -2.59. The van der Waals surface area contributed by atoms with Crippen molar-refractivity contribution in [2.45, 2.75) is 12.5 Å². The Morgan fingerprint density at radius 1 is 0.714 bits per heavy atom. The first-order valence-corrected chi connectivity index (χ1v) is 9.10. The van der Waals surface area contributed by atoms with Crippen molar-refractivity contribution in [3.8, 4) is 11.5 Å². The zero-order valence-electron chi connectivity index (χ0n) is 15.9. The van der Waals surface area contributed by atoms with Gasteiger partial charge < -0.3 is 25.0 Å². The molecule has 2 atom stereocenters. The van der Waals surface area contributed by atoms with Crippen molar-refractivity contribution in [1.29, 1.82) is 0 Å². The molecular formula is C22H24N4O2. The fourth-order valence-electron chi connectivity index (χ4n) is 3.64. The second kappa shape index (κ2) is 7.42. The number of anilines is 3. The van der Waals surface area contributed by atoms with E-state index in [-0.39, 0.29) is 6.17 Å². The van der Waals surface area contributed by atoms with Crippen molar-refractivity contribution in [2.24, 2.45) is 11.5 Å². The van der Waals surface area contributed by atoms with Crippen LogP contribution in [0.5, 0.6) is 11.5 Å². The average molecular weight is 376 g/mol. The Kier molecular flexibility index (Phi) is 4.81. The van der Waals surface area contributed by atoms with Gasteiger partial charge in [-0.25, -0.2) is 0 Å². The molecule has 0 amide bonds. The van der Waals surface area contributed by atoms with Gasteiger partial charge in [-0.3, -0.25) is 5.73 Å². The Morgan fingerprint density at radius 3 is 1.82 bits per heavy atom. The fraction of sp³-hybridized carbons (Fsp3) is 0.182. The van der Waals surface area contributed by atoms with E-state index in [4.69, 9.17) is 20.9 Å². The third kappa shape index (κ3) is 3.02. The largest absolute Gasteiger partial charge is 0.497 e. The Labute approximate surface area is 164 Å². The molecule has 3 aromatic carbocycles. The monoisotopic (exact) mass is 376 g/mol. The number of methoxy groups -OCH3 is 2. The molecule has 28 heavy (non-hydrogen) atoms. The molecule has 1 aliphatic heterocycles. The Bertz CT molecular complexity index is 944. The summed E-state index contributed by atoms with van der Waals surface area (Å²) in [6.45, 7) is 0. The van der Waals surface area contributed by atoms with Crippen molar-refractivity contribution in [3.05, 3.63) is 78.4 Å². The maximum Gasteiger partial charge on any atom is 0.161 e. The van der Waals surface area contributed by atoms with Gasteiger partial charge in [-0.2, -0.15) is 0 Å². The zero-order chi connectivity index (χ0) is 19.7. The van der Waals surface area contributed by atoms with E-state index in [0.29, 0.717) is 0 Å². The second-order valence-corrected chi connectivity index (χ2v) is 6.59. The molecule has 6 heteroatoms. The SMILES string of the molecule is COc1ccc(N2c3ccccc3C(N)N(c3ccc(OC)cc3)C2N)cc1. The van der Waals surface area contributed by atoms with Crippen LogP contribution in [0.3, 0.4) is 0 Å². The smallest absolute Gasteiger partial charge is 0.161 e. The number of nitrogens with two attached hydrogens (primary N) is 2. The van der Waals surface area contributed by atoms with Gasteiger partial charge in [0.25, 0.3) is 0 Å². The minimum atomic E-state index is -0.480. The van der Waals surface area contributed by atoms with E-state index in [1.807, 2.05) is 77.7 Å². The molecule has 0 aromatic heterocycles. The maximum absolute atomic E-state index is 6.74. The van der Waals surface area contributed by atoms with E-state index in [0.717, 1.165) is 34.1 Å². The van der Waals surface area contributed by atoms with Crippen molar-refractivity contribution in [2.75, 3.05) is 24.0 Å². The zero-order valence-corrected chi connectivity index (χ0v) is 15.9. The molecule has 4 rings (SSSR count). The van der Waals surface area contributed by atoms with E-state index >= 15 is 0 Å². The lowest BCUT2D eigenvalue weighted by molar-refractivity contribution is 0.414. The predicted molar refractivity (Wildman–Crippen MR) is 112 cm³/mol. The Hall–Kier alpha value is -3.22. The highest BCUT2D eigenvalue weighted by molar-refractivity contribution is 5.73. The molecule has 4 N–H and O–H groups in total. The van der Waals surface area contributed by atoms with Crippen LogP contribution < -0.4 is 30.7 Å². The number of para-hydroxylation sites is 1. The number of hydrogen-bond acceptors (Lipinski definition) is 6. The number of benzene rings is 3. The molecule has 0 spiro atoms. The summed E-state index contributed by atoms with van der Waals surface area (Å²) in [6.07, 6.45) is -0.846. The summed E-state index contributed by atoms with van der Waals surface area (Å²) in [5.74, 6) is 1.58. The second-order valence-electron chi connectivity index (χ2n) is 6.59. The third-order valence-electron chi connectivity index (χ3n) is 5.09. The van der Waals surface area contributed by atoms with Crippen LogP contribution in [0.4, 0.5) is 17.1 Å². The van der Waals surface area contributed by atoms with E-state index in [1.165, 1.54) is 0 Å². The predicted octanol–water partition coefficient (Wildman–Crippen LogP) is 3.56. The molecular weight excluding hydrogens is 352 g/mol. The first-order valence-electron chi connectivity index (χ1n) is 9.10. The molecule has 0 radical (unpaired) electrons. The van der Waals surface area contributed by atoms with Crippen LogP contribution in [0.25, 0.3) is 0 Å². The van der Waals surface area contributed by atoms with Crippen LogP contribution in [-0.2, 0) is 0 Å². The van der Waals surface area contributed by atoms with Crippen LogP contribution in [0.2, 0.25) is 0 Å². The summed E-state index contributed by atoms with van der Waals surface area (Å²) in [5.41, 5.74) is 17.3. The standard InChI is InChI=1S/C22H24N4O2/c1-27-17-11-7-15(8-12-17)25-20-6-4-3-5-19(20)21(23)26(22(25)24)16-9-13-18(28-2)14-10-16/h3-14,21-22H,23-24H2,1-2H3. The number of hydrogen-bond donors (Lipinski definition) is 2. The van der Waals surface area contributed by atoms with Gasteiger partial charge in [0.05, 0.1) is 19.9 Å². The molecule has 3 aromatic rings. The molecule has 1 aliphatic rings. The van der Waals surface area contributed by atoms with E-state index < -0.39 is 6.29 Å². The molecule has 0 bridgehead atoms. The molecule has 0 fully saturated rings. The summed E-state index contributed by atoms with van der Waals surface area (Å²) in [4.78, 5) is 4.09. The minimum Gasteiger partial charge on any atom is -0.497 e. The number of ether oxygens (including phenoxy) is 2. The van der Waals surface area contributed by atoms with Crippen LogP contribution >= 0.6 is 0 Å². The number of nitrogens with zero attached hydrogens (tertiary/aromatic N) is 2. The number of rotatable bonds is 4.